The van der Waals surface area contributed by atoms with Gasteiger partial charge in [-0.05, 0) is 56.5 Å². The van der Waals surface area contributed by atoms with Gasteiger partial charge in [-0.3, -0.25) is 14.7 Å². The second-order valence-electron chi connectivity index (χ2n) is 8.56. The van der Waals surface area contributed by atoms with E-state index in [1.54, 1.807) is 0 Å². The molecule has 0 unspecified atom stereocenters. The van der Waals surface area contributed by atoms with Crippen molar-refractivity contribution in [3.63, 3.8) is 0 Å². The Hall–Kier alpha value is -2.77. The van der Waals surface area contributed by atoms with Crippen LogP contribution in [0, 0.1) is 13.8 Å². The zero-order valence-corrected chi connectivity index (χ0v) is 19.3. The van der Waals surface area contributed by atoms with Gasteiger partial charge in [-0.25, -0.2) is 4.98 Å². The molecular formula is C25H28N4O2S. The van der Waals surface area contributed by atoms with Crippen LogP contribution in [-0.4, -0.2) is 57.5 Å². The minimum Gasteiger partial charge on any atom is -0.487 e. The van der Waals surface area contributed by atoms with E-state index in [1.165, 1.54) is 16.9 Å². The number of ether oxygens (including phenoxy) is 1. The fraction of sp³-hybridized carbons (Fsp3) is 0.400. The maximum atomic E-state index is 13.0. The van der Waals surface area contributed by atoms with E-state index in [4.69, 9.17) is 4.74 Å². The van der Waals surface area contributed by atoms with Gasteiger partial charge in [0, 0.05) is 38.1 Å². The number of para-hydroxylation sites is 1. The number of thiazole rings is 1. The van der Waals surface area contributed by atoms with Gasteiger partial charge in [-0.2, -0.15) is 0 Å². The standard InChI is InChI=1S/C25H28N4O2S/c1-17-24(32-18(2)27-17)25(30)28-14-10-20(11-15-28)29-16-22(31-21-6-4-3-5-7-21)23(29)19-8-12-26-13-9-19/h3-9,12-13,20,22-23H,10-11,14-16H2,1-2H3/t22-,23-/m0/s1. The first-order valence-electron chi connectivity index (χ1n) is 11.2. The molecule has 1 amide bonds. The molecule has 5 rings (SSSR count). The molecule has 2 aliphatic heterocycles. The highest BCUT2D eigenvalue weighted by Gasteiger charge is 2.46. The number of pyridine rings is 1. The van der Waals surface area contributed by atoms with E-state index in [-0.39, 0.29) is 18.1 Å². The van der Waals surface area contributed by atoms with E-state index < -0.39 is 0 Å². The number of aromatic nitrogens is 2. The normalized spacial score (nSPS) is 21.9. The van der Waals surface area contributed by atoms with Crippen LogP contribution in [0.4, 0.5) is 0 Å². The number of aryl methyl sites for hydroxylation is 2. The van der Waals surface area contributed by atoms with Gasteiger partial charge in [0.05, 0.1) is 16.7 Å². The predicted octanol–water partition coefficient (Wildman–Crippen LogP) is 4.26. The van der Waals surface area contributed by atoms with Crippen LogP contribution in [0.15, 0.2) is 54.9 Å². The molecule has 0 bridgehead atoms. The number of amides is 1. The van der Waals surface area contributed by atoms with Crippen LogP contribution in [0.25, 0.3) is 0 Å². The van der Waals surface area contributed by atoms with Crippen molar-refractivity contribution in [2.45, 2.75) is 44.9 Å². The zero-order valence-electron chi connectivity index (χ0n) is 18.5. The highest BCUT2D eigenvalue weighted by Crippen LogP contribution is 2.40. The molecule has 166 valence electrons. The van der Waals surface area contributed by atoms with Crippen LogP contribution in [0.5, 0.6) is 5.75 Å². The molecule has 2 aromatic heterocycles. The zero-order chi connectivity index (χ0) is 22.1. The summed E-state index contributed by atoms with van der Waals surface area (Å²) in [5.41, 5.74) is 2.09. The van der Waals surface area contributed by atoms with Crippen molar-refractivity contribution in [3.8, 4) is 5.75 Å². The van der Waals surface area contributed by atoms with Crippen molar-refractivity contribution in [2.24, 2.45) is 0 Å². The molecule has 2 atom stereocenters. The molecule has 4 heterocycles. The van der Waals surface area contributed by atoms with E-state index >= 15 is 0 Å². The number of nitrogens with zero attached hydrogens (tertiary/aromatic N) is 4. The Balaban J connectivity index is 1.26. The van der Waals surface area contributed by atoms with Gasteiger partial charge in [0.2, 0.25) is 0 Å². The van der Waals surface area contributed by atoms with Gasteiger partial charge in [0.1, 0.15) is 16.7 Å². The number of hydrogen-bond donors (Lipinski definition) is 0. The van der Waals surface area contributed by atoms with Crippen molar-refractivity contribution in [1.29, 1.82) is 0 Å². The van der Waals surface area contributed by atoms with Crippen LogP contribution in [0.2, 0.25) is 0 Å². The summed E-state index contributed by atoms with van der Waals surface area (Å²) in [6.07, 6.45) is 5.77. The first-order valence-corrected chi connectivity index (χ1v) is 12.0. The topological polar surface area (TPSA) is 58.6 Å². The number of likely N-dealkylation sites (tertiary alicyclic amines) is 2. The average Bonchev–Trinajstić information content (AvgIpc) is 3.15. The molecule has 32 heavy (non-hydrogen) atoms. The lowest BCUT2D eigenvalue weighted by Gasteiger charge is -2.53. The Bertz CT molecular complexity index is 1060. The van der Waals surface area contributed by atoms with Crippen LogP contribution < -0.4 is 4.74 Å². The van der Waals surface area contributed by atoms with E-state index in [1.807, 2.05) is 61.5 Å². The molecule has 0 saturated carbocycles. The minimum atomic E-state index is 0.113. The molecule has 7 heteroatoms. The van der Waals surface area contributed by atoms with Crippen LogP contribution in [0.1, 0.15) is 44.8 Å². The van der Waals surface area contributed by atoms with E-state index in [2.05, 4.69) is 27.0 Å². The fourth-order valence-corrected chi connectivity index (χ4v) is 5.78. The summed E-state index contributed by atoms with van der Waals surface area (Å²) in [5, 5.41) is 0.950. The van der Waals surface area contributed by atoms with Gasteiger partial charge in [-0.1, -0.05) is 18.2 Å². The Morgan fingerprint density at radius 1 is 1.06 bits per heavy atom. The highest BCUT2D eigenvalue weighted by atomic mass is 32.1. The van der Waals surface area contributed by atoms with Crippen molar-refractivity contribution < 1.29 is 9.53 Å². The molecule has 6 nitrogen and oxygen atoms in total. The smallest absolute Gasteiger partial charge is 0.265 e. The SMILES string of the molecule is Cc1nc(C)c(C(=O)N2CCC(N3C[C@H](Oc4ccccc4)[C@@H]3c3ccncc3)CC2)s1. The van der Waals surface area contributed by atoms with Crippen LogP contribution in [0.3, 0.4) is 0 Å². The monoisotopic (exact) mass is 448 g/mol. The highest BCUT2D eigenvalue weighted by molar-refractivity contribution is 7.13. The summed E-state index contributed by atoms with van der Waals surface area (Å²) in [5.74, 6) is 1.04. The minimum absolute atomic E-state index is 0.113. The summed E-state index contributed by atoms with van der Waals surface area (Å²) in [4.78, 5) is 26.9. The summed E-state index contributed by atoms with van der Waals surface area (Å²) < 4.78 is 6.34. The molecule has 2 aliphatic rings. The maximum Gasteiger partial charge on any atom is 0.265 e. The summed E-state index contributed by atoms with van der Waals surface area (Å²) in [7, 11) is 0. The van der Waals surface area contributed by atoms with Crippen molar-refractivity contribution in [1.82, 2.24) is 19.8 Å². The second-order valence-corrected chi connectivity index (χ2v) is 9.77. The first kappa shape index (κ1) is 21.1. The lowest BCUT2D eigenvalue weighted by atomic mass is 9.87. The van der Waals surface area contributed by atoms with E-state index in [0.29, 0.717) is 6.04 Å². The fourth-order valence-electron chi connectivity index (χ4n) is 4.89. The lowest BCUT2D eigenvalue weighted by Crippen LogP contribution is -2.61. The molecule has 2 fully saturated rings. The quantitative estimate of drug-likeness (QED) is 0.584. The molecule has 3 aromatic rings. The lowest BCUT2D eigenvalue weighted by molar-refractivity contribution is -0.0842. The third-order valence-electron chi connectivity index (χ3n) is 6.50. The van der Waals surface area contributed by atoms with E-state index in [0.717, 1.165) is 53.8 Å². The third-order valence-corrected chi connectivity index (χ3v) is 7.56. The summed E-state index contributed by atoms with van der Waals surface area (Å²) >= 11 is 1.50. The number of carbonyl (C=O) groups excluding carboxylic acids is 1. The van der Waals surface area contributed by atoms with Crippen molar-refractivity contribution in [3.05, 3.63) is 76.0 Å². The average molecular weight is 449 g/mol. The largest absolute Gasteiger partial charge is 0.487 e. The third kappa shape index (κ3) is 4.14. The number of hydrogen-bond acceptors (Lipinski definition) is 6. The van der Waals surface area contributed by atoms with Gasteiger partial charge in [0.25, 0.3) is 5.91 Å². The van der Waals surface area contributed by atoms with Crippen LogP contribution in [-0.2, 0) is 0 Å². The van der Waals surface area contributed by atoms with E-state index in [9.17, 15) is 4.79 Å². The van der Waals surface area contributed by atoms with Gasteiger partial charge < -0.3 is 9.64 Å². The molecule has 0 aliphatic carbocycles. The Morgan fingerprint density at radius 3 is 2.44 bits per heavy atom. The molecule has 0 spiro atoms. The predicted molar refractivity (Wildman–Crippen MR) is 125 cm³/mol. The van der Waals surface area contributed by atoms with Gasteiger partial charge in [0.15, 0.2) is 0 Å². The number of carbonyl (C=O) groups is 1. The second kappa shape index (κ2) is 9.00. The molecule has 1 aromatic carbocycles. The number of rotatable bonds is 5. The van der Waals surface area contributed by atoms with Gasteiger partial charge >= 0.3 is 0 Å². The Kier molecular flexibility index (Phi) is 5.93. The maximum absolute atomic E-state index is 13.0. The summed E-state index contributed by atoms with van der Waals surface area (Å²) in [6.45, 7) is 6.34. The Labute approximate surface area is 192 Å². The Morgan fingerprint density at radius 2 is 1.78 bits per heavy atom. The molecule has 0 N–H and O–H groups in total. The summed E-state index contributed by atoms with van der Waals surface area (Å²) in [6, 6.07) is 14.9. The number of piperidine rings is 1. The van der Waals surface area contributed by atoms with Crippen molar-refractivity contribution in [2.75, 3.05) is 19.6 Å². The number of benzene rings is 1. The first-order chi connectivity index (χ1) is 15.6. The molecule has 2 saturated heterocycles. The molecule has 0 radical (unpaired) electrons. The van der Waals surface area contributed by atoms with Crippen LogP contribution >= 0.6 is 11.3 Å². The molecular weight excluding hydrogens is 420 g/mol. The van der Waals surface area contributed by atoms with Gasteiger partial charge in [-0.15, -0.1) is 11.3 Å². The van der Waals surface area contributed by atoms with Crippen molar-refractivity contribution >= 4 is 17.2 Å².